The molecule has 0 unspecified atom stereocenters. The maximum Gasteiger partial charge on any atom is 0.416 e. The monoisotopic (exact) mass is 462 g/mol. The predicted octanol–water partition coefficient (Wildman–Crippen LogP) is 5.86. The number of benzene rings is 2. The quantitative estimate of drug-likeness (QED) is 0.431. The van der Waals surface area contributed by atoms with Crippen LogP contribution in [-0.2, 0) is 24.0 Å². The molecule has 0 radical (unpaired) electrons. The molecule has 0 spiro atoms. The van der Waals surface area contributed by atoms with Gasteiger partial charge in [-0.05, 0) is 56.2 Å². The van der Waals surface area contributed by atoms with E-state index in [9.17, 15) is 18.0 Å². The molecular weight excluding hydrogens is 437 g/mol. The molecule has 6 nitrogen and oxygen atoms in total. The second-order valence-corrected chi connectivity index (χ2v) is 7.52. The number of carbonyl (C=O) groups is 1. The average molecular weight is 462 g/mol. The number of rotatable bonds is 9. The first-order valence-corrected chi connectivity index (χ1v) is 10.4. The van der Waals surface area contributed by atoms with Gasteiger partial charge in [0, 0.05) is 0 Å². The van der Waals surface area contributed by atoms with Crippen LogP contribution in [0.4, 0.5) is 18.9 Å². The second-order valence-electron chi connectivity index (χ2n) is 7.52. The molecule has 0 aliphatic heterocycles. The summed E-state index contributed by atoms with van der Waals surface area (Å²) in [6.07, 6.45) is -3.87. The van der Waals surface area contributed by atoms with Crippen molar-refractivity contribution in [1.82, 2.24) is 5.16 Å². The number of anilines is 1. The van der Waals surface area contributed by atoms with Crippen molar-refractivity contribution in [3.63, 3.8) is 0 Å². The van der Waals surface area contributed by atoms with Gasteiger partial charge in [0.05, 0.1) is 35.5 Å². The summed E-state index contributed by atoms with van der Waals surface area (Å²) in [6, 6.07) is 9.93. The molecule has 1 heterocycles. The summed E-state index contributed by atoms with van der Waals surface area (Å²) >= 11 is 0. The van der Waals surface area contributed by atoms with Crippen molar-refractivity contribution in [1.29, 1.82) is 0 Å². The fourth-order valence-corrected chi connectivity index (χ4v) is 3.09. The summed E-state index contributed by atoms with van der Waals surface area (Å²) in [4.78, 5) is 12.5. The highest BCUT2D eigenvalue weighted by atomic mass is 19.4. The number of halogens is 3. The second kappa shape index (κ2) is 10.4. The van der Waals surface area contributed by atoms with Crippen LogP contribution in [0.1, 0.15) is 41.5 Å². The molecule has 0 aliphatic carbocycles. The van der Waals surface area contributed by atoms with Crippen LogP contribution >= 0.6 is 0 Å². The Morgan fingerprint density at radius 3 is 2.42 bits per heavy atom. The van der Waals surface area contributed by atoms with E-state index in [0.29, 0.717) is 36.7 Å². The van der Waals surface area contributed by atoms with Crippen LogP contribution < -0.4 is 14.8 Å². The van der Waals surface area contributed by atoms with Gasteiger partial charge in [0.25, 0.3) is 0 Å². The number of aryl methyl sites for hydroxylation is 2. The van der Waals surface area contributed by atoms with E-state index in [1.807, 2.05) is 20.8 Å². The summed E-state index contributed by atoms with van der Waals surface area (Å²) in [7, 11) is 0. The van der Waals surface area contributed by atoms with Crippen molar-refractivity contribution < 1.29 is 32.0 Å². The predicted molar refractivity (Wildman–Crippen MR) is 116 cm³/mol. The number of hydrogen-bond acceptors (Lipinski definition) is 5. The Balaban J connectivity index is 1.64. The van der Waals surface area contributed by atoms with Crippen LogP contribution in [0.2, 0.25) is 0 Å². The van der Waals surface area contributed by atoms with E-state index < -0.39 is 17.6 Å². The number of amides is 1. The first-order chi connectivity index (χ1) is 15.7. The summed E-state index contributed by atoms with van der Waals surface area (Å²) < 4.78 is 55.6. The zero-order valence-corrected chi connectivity index (χ0v) is 18.6. The first-order valence-electron chi connectivity index (χ1n) is 10.4. The Hall–Kier alpha value is -3.49. The van der Waals surface area contributed by atoms with Crippen molar-refractivity contribution in [2.24, 2.45) is 0 Å². The molecule has 0 saturated carbocycles. The van der Waals surface area contributed by atoms with E-state index in [-0.39, 0.29) is 17.9 Å². The van der Waals surface area contributed by atoms with E-state index in [1.54, 1.807) is 24.3 Å². The lowest BCUT2D eigenvalue weighted by Crippen LogP contribution is -2.16. The topological polar surface area (TPSA) is 73.6 Å². The van der Waals surface area contributed by atoms with E-state index in [0.717, 1.165) is 23.4 Å². The van der Waals surface area contributed by atoms with Crippen LogP contribution in [0.15, 0.2) is 47.0 Å². The largest absolute Gasteiger partial charge is 0.491 e. The fraction of sp³-hybridized carbons (Fsp3) is 0.333. The highest BCUT2D eigenvalue weighted by molar-refractivity contribution is 5.93. The first kappa shape index (κ1) is 24.2. The van der Waals surface area contributed by atoms with Crippen LogP contribution in [0.5, 0.6) is 11.5 Å². The Kier molecular flexibility index (Phi) is 7.63. The summed E-state index contributed by atoms with van der Waals surface area (Å²) in [5.74, 6) is 1.03. The molecule has 33 heavy (non-hydrogen) atoms. The highest BCUT2D eigenvalue weighted by Crippen LogP contribution is 2.35. The van der Waals surface area contributed by atoms with Crippen molar-refractivity contribution in [2.45, 2.75) is 46.4 Å². The molecule has 0 bridgehead atoms. The number of aromatic nitrogens is 1. The molecule has 0 aliphatic rings. The van der Waals surface area contributed by atoms with Crippen LogP contribution in [0, 0.1) is 13.8 Å². The normalized spacial score (nSPS) is 11.3. The van der Waals surface area contributed by atoms with Gasteiger partial charge in [0.2, 0.25) is 5.91 Å². The molecule has 0 atom stereocenters. The van der Waals surface area contributed by atoms with E-state index in [2.05, 4.69) is 10.5 Å². The molecule has 3 rings (SSSR count). The van der Waals surface area contributed by atoms with Crippen LogP contribution in [0.25, 0.3) is 0 Å². The van der Waals surface area contributed by atoms with Gasteiger partial charge in [-0.2, -0.15) is 13.2 Å². The summed E-state index contributed by atoms with van der Waals surface area (Å²) in [5, 5.41) is 6.42. The molecule has 1 N–H and O–H groups in total. The van der Waals surface area contributed by atoms with E-state index in [1.165, 1.54) is 6.07 Å². The minimum absolute atomic E-state index is 0.0114. The zero-order chi connectivity index (χ0) is 24.0. The smallest absolute Gasteiger partial charge is 0.416 e. The third-order valence-corrected chi connectivity index (χ3v) is 4.90. The number of alkyl halides is 3. The highest BCUT2D eigenvalue weighted by Gasteiger charge is 2.31. The molecule has 1 aromatic heterocycles. The molecule has 176 valence electrons. The molecule has 2 aromatic carbocycles. The molecule has 0 saturated heterocycles. The molecule has 3 aromatic rings. The summed E-state index contributed by atoms with van der Waals surface area (Å²) in [5.41, 5.74) is 1.45. The summed E-state index contributed by atoms with van der Waals surface area (Å²) in [6.45, 7) is 6.15. The standard InChI is InChI=1S/C24H25F3N2O4/c1-4-11-31-22-10-7-18(24(25,26)27)13-21(22)28-23(30)12-17-5-8-19(9-6-17)32-14-20-15(2)29-33-16(20)3/h5-10,13H,4,11-12,14H2,1-3H3,(H,28,30). The lowest BCUT2D eigenvalue weighted by molar-refractivity contribution is -0.137. The van der Waals surface area contributed by atoms with Crippen molar-refractivity contribution >= 4 is 11.6 Å². The number of ether oxygens (including phenoxy) is 2. The Morgan fingerprint density at radius 1 is 1.09 bits per heavy atom. The number of nitrogens with zero attached hydrogens (tertiary/aromatic N) is 1. The SMILES string of the molecule is CCCOc1ccc(C(F)(F)F)cc1NC(=O)Cc1ccc(OCc2c(C)noc2C)cc1. The van der Waals surface area contributed by atoms with Gasteiger partial charge in [-0.1, -0.05) is 24.2 Å². The van der Waals surface area contributed by atoms with Crippen LogP contribution in [0.3, 0.4) is 0 Å². The van der Waals surface area contributed by atoms with Crippen molar-refractivity contribution in [3.05, 3.63) is 70.6 Å². The van der Waals surface area contributed by atoms with Gasteiger partial charge >= 0.3 is 6.18 Å². The Labute approximate surface area is 189 Å². The Morgan fingerprint density at radius 2 is 1.82 bits per heavy atom. The van der Waals surface area contributed by atoms with Crippen LogP contribution in [-0.4, -0.2) is 17.7 Å². The van der Waals surface area contributed by atoms with E-state index in [4.69, 9.17) is 14.0 Å². The molecule has 1 amide bonds. The average Bonchev–Trinajstić information content (AvgIpc) is 3.09. The number of nitrogens with one attached hydrogen (secondary N) is 1. The maximum absolute atomic E-state index is 13.1. The van der Waals surface area contributed by atoms with Gasteiger partial charge in [0.1, 0.15) is 23.9 Å². The zero-order valence-electron chi connectivity index (χ0n) is 18.6. The van der Waals surface area contributed by atoms with E-state index >= 15 is 0 Å². The van der Waals surface area contributed by atoms with Gasteiger partial charge in [-0.15, -0.1) is 0 Å². The molecule has 9 heteroatoms. The van der Waals surface area contributed by atoms with Crippen molar-refractivity contribution in [3.8, 4) is 11.5 Å². The number of hydrogen-bond donors (Lipinski definition) is 1. The lowest BCUT2D eigenvalue weighted by atomic mass is 10.1. The van der Waals surface area contributed by atoms with Gasteiger partial charge in [-0.25, -0.2) is 0 Å². The lowest BCUT2D eigenvalue weighted by Gasteiger charge is -2.15. The Bertz CT molecular complexity index is 1070. The van der Waals surface area contributed by atoms with Gasteiger partial charge in [-0.3, -0.25) is 4.79 Å². The third kappa shape index (κ3) is 6.50. The van der Waals surface area contributed by atoms with Crippen molar-refractivity contribution in [2.75, 3.05) is 11.9 Å². The number of carbonyl (C=O) groups excluding carboxylic acids is 1. The van der Waals surface area contributed by atoms with Gasteiger partial charge < -0.3 is 19.3 Å². The van der Waals surface area contributed by atoms with Gasteiger partial charge in [0.15, 0.2) is 0 Å². The molecular formula is C24H25F3N2O4. The molecule has 0 fully saturated rings. The third-order valence-electron chi connectivity index (χ3n) is 4.90. The fourth-order valence-electron chi connectivity index (χ4n) is 3.09. The maximum atomic E-state index is 13.1. The minimum atomic E-state index is -4.53. The minimum Gasteiger partial charge on any atom is -0.491 e.